The van der Waals surface area contributed by atoms with Crippen molar-refractivity contribution in [3.05, 3.63) is 55.9 Å². The molecule has 0 saturated heterocycles. The third-order valence-corrected chi connectivity index (χ3v) is 3.98. The lowest BCUT2D eigenvalue weighted by Gasteiger charge is -2.09. The number of benzene rings is 2. The van der Waals surface area contributed by atoms with E-state index in [1.54, 1.807) is 36.4 Å². The Hall–Kier alpha value is -0.940. The maximum absolute atomic E-state index is 11.8. The molecule has 0 unspecified atom stereocenters. The van der Waals surface area contributed by atoms with Crippen LogP contribution >= 0.6 is 50.7 Å². The van der Waals surface area contributed by atoms with Gasteiger partial charge in [-0.1, -0.05) is 50.7 Å². The first kappa shape index (κ1) is 16.4. The Morgan fingerprint density at radius 2 is 1.81 bits per heavy atom. The molecule has 1 N–H and O–H groups in total. The maximum Gasteiger partial charge on any atom is 0.262 e. The number of rotatable bonds is 4. The number of hydrogen-bond acceptors (Lipinski definition) is 2. The Labute approximate surface area is 145 Å². The van der Waals surface area contributed by atoms with E-state index in [-0.39, 0.29) is 12.5 Å². The molecule has 21 heavy (non-hydrogen) atoms. The van der Waals surface area contributed by atoms with Crippen molar-refractivity contribution < 1.29 is 9.53 Å². The van der Waals surface area contributed by atoms with Gasteiger partial charge in [0.05, 0.1) is 15.1 Å². The third-order valence-electron chi connectivity index (χ3n) is 2.46. The Bertz CT molecular complexity index is 679. The predicted molar refractivity (Wildman–Crippen MR) is 89.7 cm³/mol. The van der Waals surface area contributed by atoms with Crippen LogP contribution in [0.15, 0.2) is 40.9 Å². The van der Waals surface area contributed by atoms with Crippen molar-refractivity contribution in [2.45, 2.75) is 0 Å². The summed E-state index contributed by atoms with van der Waals surface area (Å²) in [6, 6.07) is 9.96. The zero-order valence-electron chi connectivity index (χ0n) is 10.5. The Morgan fingerprint density at radius 3 is 2.48 bits per heavy atom. The summed E-state index contributed by atoms with van der Waals surface area (Å²) >= 11 is 21.0. The number of nitrogens with one attached hydrogen (secondary N) is 1. The molecule has 0 aliphatic rings. The van der Waals surface area contributed by atoms with Crippen molar-refractivity contribution in [3.8, 4) is 5.75 Å². The molecule has 7 heteroatoms. The fourth-order valence-electron chi connectivity index (χ4n) is 1.51. The SMILES string of the molecule is O=C(COc1ccc(Br)cc1Cl)Nc1ccc(Cl)c(Cl)c1. The first-order chi connectivity index (χ1) is 9.95. The van der Waals surface area contributed by atoms with Crippen molar-refractivity contribution in [2.75, 3.05) is 11.9 Å². The summed E-state index contributed by atoms with van der Waals surface area (Å²) in [5, 5.41) is 3.87. The van der Waals surface area contributed by atoms with Gasteiger partial charge in [0.25, 0.3) is 5.91 Å². The summed E-state index contributed by atoms with van der Waals surface area (Å²) in [4.78, 5) is 11.8. The zero-order valence-corrected chi connectivity index (χ0v) is 14.4. The average molecular weight is 409 g/mol. The van der Waals surface area contributed by atoms with Gasteiger partial charge in [0.15, 0.2) is 6.61 Å². The van der Waals surface area contributed by atoms with Crippen molar-refractivity contribution in [1.29, 1.82) is 0 Å². The second-order valence-corrected chi connectivity index (χ2v) is 6.18. The van der Waals surface area contributed by atoms with Crippen LogP contribution in [0.3, 0.4) is 0 Å². The number of amides is 1. The molecular weight excluding hydrogens is 400 g/mol. The molecule has 0 spiro atoms. The zero-order chi connectivity index (χ0) is 15.4. The smallest absolute Gasteiger partial charge is 0.262 e. The van der Waals surface area contributed by atoms with Gasteiger partial charge in [0.2, 0.25) is 0 Å². The summed E-state index contributed by atoms with van der Waals surface area (Å²) in [5.41, 5.74) is 0.542. The van der Waals surface area contributed by atoms with Crippen molar-refractivity contribution in [3.63, 3.8) is 0 Å². The van der Waals surface area contributed by atoms with Gasteiger partial charge >= 0.3 is 0 Å². The largest absolute Gasteiger partial charge is 0.482 e. The van der Waals surface area contributed by atoms with E-state index in [0.717, 1.165) is 4.47 Å². The molecule has 3 nitrogen and oxygen atoms in total. The molecule has 110 valence electrons. The maximum atomic E-state index is 11.8. The van der Waals surface area contributed by atoms with Crippen LogP contribution in [-0.2, 0) is 4.79 Å². The monoisotopic (exact) mass is 407 g/mol. The number of ether oxygens (including phenoxy) is 1. The molecule has 2 aromatic rings. The molecule has 0 aliphatic heterocycles. The van der Waals surface area contributed by atoms with Crippen LogP contribution in [0.4, 0.5) is 5.69 Å². The Kier molecular flexibility index (Phi) is 5.76. The van der Waals surface area contributed by atoms with Gasteiger partial charge in [-0.25, -0.2) is 0 Å². The normalized spacial score (nSPS) is 10.3. The number of carbonyl (C=O) groups excluding carboxylic acids is 1. The van der Waals surface area contributed by atoms with Crippen LogP contribution in [0.1, 0.15) is 0 Å². The van der Waals surface area contributed by atoms with Crippen LogP contribution in [-0.4, -0.2) is 12.5 Å². The van der Waals surface area contributed by atoms with Crippen LogP contribution in [0, 0.1) is 0 Å². The van der Waals surface area contributed by atoms with E-state index in [0.29, 0.717) is 26.5 Å². The van der Waals surface area contributed by atoms with Gasteiger partial charge in [-0.15, -0.1) is 0 Å². The summed E-state index contributed by atoms with van der Waals surface area (Å²) in [7, 11) is 0. The first-order valence-corrected chi connectivity index (χ1v) is 7.71. The van der Waals surface area contributed by atoms with E-state index in [9.17, 15) is 4.79 Å². The van der Waals surface area contributed by atoms with E-state index in [4.69, 9.17) is 39.5 Å². The highest BCUT2D eigenvalue weighted by molar-refractivity contribution is 9.10. The molecule has 1 amide bonds. The van der Waals surface area contributed by atoms with Crippen LogP contribution in [0.25, 0.3) is 0 Å². The average Bonchev–Trinajstić information content (AvgIpc) is 2.42. The second-order valence-electron chi connectivity index (χ2n) is 4.04. The number of anilines is 1. The van der Waals surface area contributed by atoms with Gasteiger partial charge in [0.1, 0.15) is 5.75 Å². The molecule has 0 heterocycles. The fraction of sp³-hybridized carbons (Fsp3) is 0.0714. The van der Waals surface area contributed by atoms with E-state index in [2.05, 4.69) is 21.2 Å². The van der Waals surface area contributed by atoms with Gasteiger partial charge in [0, 0.05) is 10.2 Å². The molecule has 0 radical (unpaired) electrons. The second kappa shape index (κ2) is 7.36. The van der Waals surface area contributed by atoms with E-state index in [1.165, 1.54) is 0 Å². The minimum atomic E-state index is -0.327. The van der Waals surface area contributed by atoms with E-state index in [1.807, 2.05) is 0 Å². The molecule has 0 aliphatic carbocycles. The van der Waals surface area contributed by atoms with Crippen LogP contribution in [0.5, 0.6) is 5.75 Å². The highest BCUT2D eigenvalue weighted by atomic mass is 79.9. The molecule has 0 atom stereocenters. The molecule has 2 rings (SSSR count). The summed E-state index contributed by atoms with van der Waals surface area (Å²) < 4.78 is 6.19. The van der Waals surface area contributed by atoms with Gasteiger partial charge in [-0.2, -0.15) is 0 Å². The van der Waals surface area contributed by atoms with E-state index >= 15 is 0 Å². The molecular formula is C14H9BrCl3NO2. The van der Waals surface area contributed by atoms with Gasteiger partial charge in [-0.05, 0) is 36.4 Å². The lowest BCUT2D eigenvalue weighted by molar-refractivity contribution is -0.118. The Morgan fingerprint density at radius 1 is 1.05 bits per heavy atom. The summed E-state index contributed by atoms with van der Waals surface area (Å²) in [5.74, 6) is 0.108. The molecule has 0 aromatic heterocycles. The van der Waals surface area contributed by atoms with E-state index < -0.39 is 0 Å². The molecule has 0 fully saturated rings. The Balaban J connectivity index is 1.94. The lowest BCUT2D eigenvalue weighted by atomic mass is 10.3. The van der Waals surface area contributed by atoms with Gasteiger partial charge < -0.3 is 10.1 Å². The van der Waals surface area contributed by atoms with Crippen molar-refractivity contribution in [1.82, 2.24) is 0 Å². The number of carbonyl (C=O) groups is 1. The fourth-order valence-corrected chi connectivity index (χ4v) is 2.53. The molecule has 0 bridgehead atoms. The topological polar surface area (TPSA) is 38.3 Å². The molecule has 2 aromatic carbocycles. The highest BCUT2D eigenvalue weighted by Crippen LogP contribution is 2.28. The van der Waals surface area contributed by atoms with Crippen LogP contribution < -0.4 is 10.1 Å². The van der Waals surface area contributed by atoms with Crippen LogP contribution in [0.2, 0.25) is 15.1 Å². The first-order valence-electron chi connectivity index (χ1n) is 5.78. The number of hydrogen-bond donors (Lipinski definition) is 1. The predicted octanol–water partition coefficient (Wildman–Crippen LogP) is 5.43. The summed E-state index contributed by atoms with van der Waals surface area (Å²) in [6.45, 7) is -0.165. The lowest BCUT2D eigenvalue weighted by Crippen LogP contribution is -2.20. The minimum Gasteiger partial charge on any atom is -0.482 e. The molecule has 0 saturated carbocycles. The van der Waals surface area contributed by atoms with Crippen molar-refractivity contribution >= 4 is 62.3 Å². The highest BCUT2D eigenvalue weighted by Gasteiger charge is 2.08. The minimum absolute atomic E-state index is 0.165. The van der Waals surface area contributed by atoms with Gasteiger partial charge in [-0.3, -0.25) is 4.79 Å². The van der Waals surface area contributed by atoms with Crippen molar-refractivity contribution in [2.24, 2.45) is 0 Å². The third kappa shape index (κ3) is 4.78. The standard InChI is InChI=1S/C14H9BrCl3NO2/c15-8-1-4-13(12(18)5-8)21-7-14(20)19-9-2-3-10(16)11(17)6-9/h1-6H,7H2,(H,19,20). The quantitative estimate of drug-likeness (QED) is 0.732. The summed E-state index contributed by atoms with van der Waals surface area (Å²) in [6.07, 6.45) is 0. The number of halogens is 4.